The molecule has 0 nitrogen and oxygen atoms in total. The van der Waals surface area contributed by atoms with Crippen molar-refractivity contribution in [3.05, 3.63) is 143 Å². The van der Waals surface area contributed by atoms with Gasteiger partial charge in [0.15, 0.2) is 0 Å². The largest absolute Gasteiger partial charge is 1.00 e. The standard InChI is InChI=1S/C21H25.C13H13.C7H5F.2ClH.Zr/c1-20(2,3)16-9-7-14-11-15-8-10-17(21(4,5)6)13-19(15)18(14)12-16;1-10-8-11(2)13(9-10)12-6-4-3-5-7-12;1-6-2-4-7(8)5-3-6;;;/h7-13H,1-6H3;3-7,9-10H,1-2H3;1-5H;2*1H;/q2*-1;;;;+2/p-2. The van der Waals surface area contributed by atoms with Crippen LogP contribution < -0.4 is 24.8 Å². The summed E-state index contributed by atoms with van der Waals surface area (Å²) in [5, 5.41) is 5.49. The summed E-state index contributed by atoms with van der Waals surface area (Å²) >= 11 is 1.34. The quantitative estimate of drug-likeness (QED) is 0.218. The van der Waals surface area contributed by atoms with E-state index in [4.69, 9.17) is 0 Å². The zero-order chi connectivity index (χ0) is 31.4. The fraction of sp³-hybridized carbons (Fsp3) is 0.268. The van der Waals surface area contributed by atoms with Gasteiger partial charge < -0.3 is 24.8 Å². The Labute approximate surface area is 297 Å². The molecule has 234 valence electrons. The van der Waals surface area contributed by atoms with E-state index in [9.17, 15) is 4.39 Å². The number of hydrogen-bond acceptors (Lipinski definition) is 0. The first-order valence-electron chi connectivity index (χ1n) is 15.0. The first-order chi connectivity index (χ1) is 20.3. The van der Waals surface area contributed by atoms with E-state index >= 15 is 0 Å². The molecule has 4 heteroatoms. The molecular weight excluding hydrogens is 674 g/mol. The zero-order valence-corrected chi connectivity index (χ0v) is 31.6. The van der Waals surface area contributed by atoms with Gasteiger partial charge in [0.05, 0.1) is 0 Å². The summed E-state index contributed by atoms with van der Waals surface area (Å²) in [6, 6.07) is 33.1. The Morgan fingerprint density at radius 1 is 0.733 bits per heavy atom. The molecule has 1 aliphatic carbocycles. The molecule has 6 rings (SSSR count). The minimum Gasteiger partial charge on any atom is -1.00 e. The molecule has 0 radical (unpaired) electrons. The summed E-state index contributed by atoms with van der Waals surface area (Å²) in [5.74, 6) is 0.298. The first kappa shape index (κ1) is 38.7. The van der Waals surface area contributed by atoms with Crippen LogP contribution in [0.5, 0.6) is 0 Å². The van der Waals surface area contributed by atoms with Gasteiger partial charge in [0.25, 0.3) is 0 Å². The van der Waals surface area contributed by atoms with E-state index in [2.05, 4.69) is 134 Å². The molecule has 0 aromatic heterocycles. The van der Waals surface area contributed by atoms with Crippen LogP contribution in [0, 0.1) is 17.8 Å². The average molecular weight is 717 g/mol. The monoisotopic (exact) mass is 714 g/mol. The van der Waals surface area contributed by atoms with Crippen LogP contribution in [0.25, 0.3) is 27.1 Å². The van der Waals surface area contributed by atoms with E-state index in [0.29, 0.717) is 5.92 Å². The van der Waals surface area contributed by atoms with Crippen molar-refractivity contribution in [3.63, 3.8) is 0 Å². The van der Waals surface area contributed by atoms with Crippen molar-refractivity contribution in [1.82, 2.24) is 0 Å². The van der Waals surface area contributed by atoms with Crippen LogP contribution in [0.2, 0.25) is 0 Å². The van der Waals surface area contributed by atoms with Gasteiger partial charge in [0, 0.05) is 0 Å². The smallest absolute Gasteiger partial charge is 1.00 e. The molecule has 0 fully saturated rings. The van der Waals surface area contributed by atoms with Crippen molar-refractivity contribution in [2.45, 2.75) is 66.2 Å². The topological polar surface area (TPSA) is 0 Å². The molecule has 45 heavy (non-hydrogen) atoms. The molecule has 0 bridgehead atoms. The van der Waals surface area contributed by atoms with Crippen molar-refractivity contribution >= 4 is 30.8 Å². The van der Waals surface area contributed by atoms with Crippen LogP contribution in [-0.4, -0.2) is 3.71 Å². The summed E-state index contributed by atoms with van der Waals surface area (Å²) < 4.78 is 14.2. The van der Waals surface area contributed by atoms with Gasteiger partial charge in [-0.15, -0.1) is 45.3 Å². The molecule has 0 aliphatic heterocycles. The van der Waals surface area contributed by atoms with Crippen molar-refractivity contribution in [3.8, 4) is 0 Å². The maximum atomic E-state index is 12.2. The number of rotatable bonds is 2. The Morgan fingerprint density at radius 2 is 1.22 bits per heavy atom. The van der Waals surface area contributed by atoms with Gasteiger partial charge >= 0.3 is 68.0 Å². The Morgan fingerprint density at radius 3 is 1.62 bits per heavy atom. The Bertz CT molecular complexity index is 1690. The SMILES string of the molecule is CC(C)(C)c1ccc2[cH-]c3ccc(C(C)(C)C)cc3c2c1.CC1=[C-]C(C)C=C1c1ccccc1.Fc1ccc([CH]=[Zr+2])cc1.[Cl-].[Cl-]. The van der Waals surface area contributed by atoms with E-state index < -0.39 is 0 Å². The summed E-state index contributed by atoms with van der Waals surface area (Å²) in [6.45, 7) is 18.0. The summed E-state index contributed by atoms with van der Waals surface area (Å²) in [4.78, 5) is 0. The first-order valence-corrected chi connectivity index (χ1v) is 16.5. The summed E-state index contributed by atoms with van der Waals surface area (Å²) in [6.07, 6.45) is 5.66. The van der Waals surface area contributed by atoms with Gasteiger partial charge in [-0.2, -0.15) is 11.6 Å². The van der Waals surface area contributed by atoms with Gasteiger partial charge in [-0.25, -0.2) is 5.57 Å². The second-order valence-electron chi connectivity index (χ2n) is 13.4. The number of fused-ring (bicyclic) bond motifs is 3. The number of halogens is 3. The third-order valence-electron chi connectivity index (χ3n) is 7.83. The number of hydrogen-bond donors (Lipinski definition) is 0. The summed E-state index contributed by atoms with van der Waals surface area (Å²) in [5.41, 5.74) is 8.21. The van der Waals surface area contributed by atoms with Crippen LogP contribution in [0.1, 0.15) is 77.6 Å². The summed E-state index contributed by atoms with van der Waals surface area (Å²) in [7, 11) is 0. The van der Waals surface area contributed by atoms with Crippen LogP contribution in [-0.2, 0) is 35.1 Å². The molecule has 0 amide bonds. The second-order valence-corrected chi connectivity index (χ2v) is 14.2. The number of allylic oxidation sites excluding steroid dienone is 4. The van der Waals surface area contributed by atoms with Crippen LogP contribution in [0.15, 0.2) is 109 Å². The van der Waals surface area contributed by atoms with Crippen LogP contribution in [0.3, 0.4) is 0 Å². The van der Waals surface area contributed by atoms with Crippen molar-refractivity contribution < 1.29 is 53.4 Å². The minimum absolute atomic E-state index is 0. The van der Waals surface area contributed by atoms with E-state index in [1.54, 1.807) is 12.1 Å². The van der Waals surface area contributed by atoms with Gasteiger partial charge in [-0.05, 0) is 10.8 Å². The molecule has 0 spiro atoms. The van der Waals surface area contributed by atoms with Gasteiger partial charge in [0.2, 0.25) is 0 Å². The molecule has 0 N–H and O–H groups in total. The Balaban J connectivity index is 0.000000252. The van der Waals surface area contributed by atoms with Crippen molar-refractivity contribution in [2.75, 3.05) is 0 Å². The van der Waals surface area contributed by atoms with E-state index in [-0.39, 0.29) is 41.5 Å². The predicted octanol–water partition coefficient (Wildman–Crippen LogP) is 5.31. The van der Waals surface area contributed by atoms with Gasteiger partial charge in [0.1, 0.15) is 0 Å². The van der Waals surface area contributed by atoms with Crippen molar-refractivity contribution in [1.29, 1.82) is 0 Å². The van der Waals surface area contributed by atoms with Gasteiger partial charge in [-0.3, -0.25) is 6.08 Å². The van der Waals surface area contributed by atoms with Crippen molar-refractivity contribution in [2.24, 2.45) is 5.92 Å². The maximum Gasteiger partial charge on any atom is -1.00 e. The van der Waals surface area contributed by atoms with Crippen LogP contribution in [0.4, 0.5) is 4.39 Å². The van der Waals surface area contributed by atoms with E-state index in [1.807, 2.05) is 9.78 Å². The molecule has 0 heterocycles. The molecule has 1 unspecified atom stereocenters. The third kappa shape index (κ3) is 10.2. The molecule has 1 aliphatic rings. The van der Waals surface area contributed by atoms with Crippen LogP contribution >= 0.6 is 0 Å². The normalized spacial score (nSPS) is 14.2. The van der Waals surface area contributed by atoms with E-state index in [1.165, 1.54) is 85.7 Å². The Hall–Kier alpha value is -2.51. The molecule has 0 saturated carbocycles. The molecule has 5 aromatic carbocycles. The second kappa shape index (κ2) is 16.4. The number of benzene rings is 4. The molecule has 0 saturated heterocycles. The maximum absolute atomic E-state index is 12.2. The molecule has 5 aromatic rings. The fourth-order valence-corrected chi connectivity index (χ4v) is 5.73. The van der Waals surface area contributed by atoms with Gasteiger partial charge in [-0.1, -0.05) is 127 Å². The average Bonchev–Trinajstić information content (AvgIpc) is 3.51. The predicted molar refractivity (Wildman–Crippen MR) is 182 cm³/mol. The zero-order valence-electron chi connectivity index (χ0n) is 27.6. The third-order valence-corrected chi connectivity index (χ3v) is 8.65. The fourth-order valence-electron chi connectivity index (χ4n) is 5.26. The minimum atomic E-state index is -0.170. The molecular formula is C41H43Cl2FZr-2. The van der Waals surface area contributed by atoms with E-state index in [0.717, 1.165) is 5.56 Å². The Kier molecular flexibility index (Phi) is 14.1. The molecule has 1 atom stereocenters.